The lowest BCUT2D eigenvalue weighted by Crippen LogP contribution is -2.44. The molecule has 4 aromatic rings. The van der Waals surface area contributed by atoms with Gasteiger partial charge in [-0.25, -0.2) is 4.79 Å². The van der Waals surface area contributed by atoms with Crippen LogP contribution in [0.3, 0.4) is 0 Å². The Balaban J connectivity index is 1.57. The fraction of sp³-hybridized carbons (Fsp3) is 0.429. The summed E-state index contributed by atoms with van der Waals surface area (Å²) in [6, 6.07) is 23.3. The first-order valence-electron chi connectivity index (χ1n) is 15.5. The van der Waals surface area contributed by atoms with Crippen LogP contribution < -0.4 is 4.74 Å². The maximum atomic E-state index is 13.6. The van der Waals surface area contributed by atoms with Crippen molar-refractivity contribution in [3.05, 3.63) is 95.9 Å². The summed E-state index contributed by atoms with van der Waals surface area (Å²) in [5.74, 6) is 0.807. The van der Waals surface area contributed by atoms with Gasteiger partial charge in [0.2, 0.25) is 0 Å². The monoisotopic (exact) mass is 601 g/mol. The van der Waals surface area contributed by atoms with Crippen LogP contribution in [0.25, 0.3) is 10.9 Å². The minimum Gasteiger partial charge on any atom is -0.487 e. The van der Waals surface area contributed by atoms with Gasteiger partial charge < -0.3 is 23.8 Å². The van der Waals surface area contributed by atoms with E-state index in [4.69, 9.17) is 13.9 Å². The Bertz CT molecular complexity index is 1420. The van der Waals surface area contributed by atoms with Gasteiger partial charge in [0.05, 0.1) is 18.2 Å². The van der Waals surface area contributed by atoms with Gasteiger partial charge in [0.25, 0.3) is 0 Å². The number of para-hydroxylation sites is 1. The molecule has 0 saturated carbocycles. The molecular formula is C35H47N3O4Si. The molecule has 2 heterocycles. The quantitative estimate of drug-likeness (QED) is 0.146. The van der Waals surface area contributed by atoms with Crippen LogP contribution in [0.5, 0.6) is 5.75 Å². The number of benzene rings is 2. The predicted octanol–water partition coefficient (Wildman–Crippen LogP) is 8.68. The Morgan fingerprint density at radius 3 is 2.37 bits per heavy atom. The predicted molar refractivity (Wildman–Crippen MR) is 176 cm³/mol. The van der Waals surface area contributed by atoms with Crippen LogP contribution in [0.2, 0.25) is 18.1 Å². The highest BCUT2D eigenvalue weighted by Crippen LogP contribution is 2.32. The number of ether oxygens (including phenoxy) is 2. The summed E-state index contributed by atoms with van der Waals surface area (Å²) in [6.45, 7) is 13.7. The molecule has 7 nitrogen and oxygen atoms in total. The highest BCUT2D eigenvalue weighted by atomic mass is 28.4. The van der Waals surface area contributed by atoms with E-state index in [1.165, 1.54) is 0 Å². The van der Waals surface area contributed by atoms with Crippen molar-refractivity contribution in [1.29, 1.82) is 0 Å². The van der Waals surface area contributed by atoms with Gasteiger partial charge in [-0.2, -0.15) is 0 Å². The van der Waals surface area contributed by atoms with E-state index in [1.807, 2.05) is 75.6 Å². The summed E-state index contributed by atoms with van der Waals surface area (Å²) < 4.78 is 19.1. The van der Waals surface area contributed by atoms with Crippen LogP contribution in [0.1, 0.15) is 64.3 Å². The molecule has 0 fully saturated rings. The van der Waals surface area contributed by atoms with E-state index in [2.05, 4.69) is 48.9 Å². The molecule has 0 aliphatic carbocycles. The van der Waals surface area contributed by atoms with E-state index in [0.29, 0.717) is 26.1 Å². The molecule has 0 aliphatic heterocycles. The third-order valence-electron chi connectivity index (χ3n) is 8.07. The fourth-order valence-corrected chi connectivity index (χ4v) is 8.18. The second-order valence-electron chi connectivity index (χ2n) is 12.1. The summed E-state index contributed by atoms with van der Waals surface area (Å²) in [7, 11) is -1.99. The van der Waals surface area contributed by atoms with Crippen LogP contribution >= 0.6 is 0 Å². The zero-order chi connectivity index (χ0) is 30.9. The average molecular weight is 602 g/mol. The number of carbonyl (C=O) groups is 1. The Morgan fingerprint density at radius 2 is 1.72 bits per heavy atom. The van der Waals surface area contributed by atoms with E-state index in [-0.39, 0.29) is 12.2 Å². The molecule has 8 heteroatoms. The van der Waals surface area contributed by atoms with E-state index in [1.54, 1.807) is 11.1 Å². The number of pyridine rings is 1. The fourth-order valence-electron chi connectivity index (χ4n) is 5.37. The molecule has 1 atom stereocenters. The second-order valence-corrected chi connectivity index (χ2v) is 16.8. The van der Waals surface area contributed by atoms with Gasteiger partial charge in [0.15, 0.2) is 8.32 Å². The third-order valence-corrected chi connectivity index (χ3v) is 12.7. The number of fused-ring (bicyclic) bond motifs is 1. The highest BCUT2D eigenvalue weighted by Gasteiger charge is 2.35. The average Bonchev–Trinajstić information content (AvgIpc) is 3.44. The Hall–Kier alpha value is -3.62. The van der Waals surface area contributed by atoms with E-state index in [0.717, 1.165) is 51.5 Å². The number of H-pyrrole nitrogens is 1. The third kappa shape index (κ3) is 8.71. The number of aromatic amines is 1. The van der Waals surface area contributed by atoms with Crippen molar-refractivity contribution in [2.75, 3.05) is 13.1 Å². The van der Waals surface area contributed by atoms with Crippen molar-refractivity contribution in [3.8, 4) is 5.75 Å². The van der Waals surface area contributed by atoms with Crippen molar-refractivity contribution >= 4 is 25.3 Å². The largest absolute Gasteiger partial charge is 0.487 e. The maximum absolute atomic E-state index is 13.6. The van der Waals surface area contributed by atoms with Gasteiger partial charge in [-0.3, -0.25) is 4.98 Å². The first-order chi connectivity index (χ1) is 20.7. The molecule has 0 bridgehead atoms. The molecule has 2 aromatic carbocycles. The number of nitrogens with zero attached hydrogens (tertiary/aromatic N) is 2. The molecule has 0 aliphatic rings. The van der Waals surface area contributed by atoms with Gasteiger partial charge >= 0.3 is 6.09 Å². The summed E-state index contributed by atoms with van der Waals surface area (Å²) in [6.07, 6.45) is 5.67. The summed E-state index contributed by atoms with van der Waals surface area (Å²) in [4.78, 5) is 23.2. The van der Waals surface area contributed by atoms with Crippen molar-refractivity contribution in [2.45, 2.75) is 84.4 Å². The Labute approximate surface area is 257 Å². The molecule has 1 N–H and O–H groups in total. The van der Waals surface area contributed by atoms with E-state index in [9.17, 15) is 4.79 Å². The van der Waals surface area contributed by atoms with Crippen LogP contribution in [0, 0.1) is 0 Å². The minimum absolute atomic E-state index is 0.284. The van der Waals surface area contributed by atoms with Crippen molar-refractivity contribution in [1.82, 2.24) is 14.9 Å². The number of amides is 1. The van der Waals surface area contributed by atoms with E-state index < -0.39 is 13.9 Å². The first-order valence-corrected chi connectivity index (χ1v) is 18.0. The Kier molecular flexibility index (Phi) is 11.0. The summed E-state index contributed by atoms with van der Waals surface area (Å²) in [5, 5.41) is 1.09. The molecule has 1 amide bonds. The molecule has 0 unspecified atom stereocenters. The molecular weight excluding hydrogens is 554 g/mol. The summed E-state index contributed by atoms with van der Waals surface area (Å²) >= 11 is 0. The molecule has 0 spiro atoms. The van der Waals surface area contributed by atoms with Gasteiger partial charge in [-0.15, -0.1) is 0 Å². The standard InChI is InChI=1S/C35H47N3O4Si/c1-7-43(8-2,9-3)42-32(29-17-14-21-36-23-29)25-38(34(39)41-35(4,5)6)22-20-28-24-37-33-30(28)18-13-19-31(33)40-26-27-15-11-10-12-16-27/h10-19,21,23-24,32,37H,7-9,20,22,25-26H2,1-6H3/t32-/m0/s1. The maximum Gasteiger partial charge on any atom is 0.410 e. The number of aromatic nitrogens is 2. The molecule has 0 radical (unpaired) electrons. The number of carbonyl (C=O) groups excluding carboxylic acids is 1. The molecule has 4 rings (SSSR count). The zero-order valence-electron chi connectivity index (χ0n) is 26.6. The number of rotatable bonds is 14. The topological polar surface area (TPSA) is 76.7 Å². The van der Waals surface area contributed by atoms with Crippen LogP contribution in [-0.2, 0) is 22.2 Å². The molecule has 0 saturated heterocycles. The first kappa shape index (κ1) is 32.3. The zero-order valence-corrected chi connectivity index (χ0v) is 27.6. The highest BCUT2D eigenvalue weighted by molar-refractivity contribution is 6.73. The van der Waals surface area contributed by atoms with Gasteiger partial charge in [-0.1, -0.05) is 69.3 Å². The van der Waals surface area contributed by atoms with Crippen LogP contribution in [0.4, 0.5) is 4.79 Å². The lowest BCUT2D eigenvalue weighted by Gasteiger charge is -2.36. The Morgan fingerprint density at radius 1 is 0.977 bits per heavy atom. The molecule has 230 valence electrons. The normalized spacial score (nSPS) is 12.7. The van der Waals surface area contributed by atoms with Crippen LogP contribution in [-0.4, -0.2) is 48.0 Å². The SMILES string of the molecule is CC[Si](CC)(CC)O[C@@H](CN(CCc1c[nH]c2c(OCc3ccccc3)cccc12)C(=O)OC(C)(C)C)c1cccnc1. The van der Waals surface area contributed by atoms with Gasteiger partial charge in [-0.05, 0) is 74.1 Å². The lowest BCUT2D eigenvalue weighted by atomic mass is 10.1. The number of hydrogen-bond donors (Lipinski definition) is 1. The van der Waals surface area contributed by atoms with Gasteiger partial charge in [0.1, 0.15) is 18.0 Å². The van der Waals surface area contributed by atoms with Crippen molar-refractivity contribution in [2.24, 2.45) is 0 Å². The van der Waals surface area contributed by atoms with Gasteiger partial charge in [0, 0.05) is 30.5 Å². The van der Waals surface area contributed by atoms with Crippen molar-refractivity contribution in [3.63, 3.8) is 0 Å². The van der Waals surface area contributed by atoms with E-state index >= 15 is 0 Å². The van der Waals surface area contributed by atoms with Crippen LogP contribution in [0.15, 0.2) is 79.3 Å². The summed E-state index contributed by atoms with van der Waals surface area (Å²) in [5.41, 5.74) is 3.56. The number of nitrogens with one attached hydrogen (secondary N) is 1. The molecule has 2 aromatic heterocycles. The molecule has 43 heavy (non-hydrogen) atoms. The lowest BCUT2D eigenvalue weighted by molar-refractivity contribution is 0.0160. The number of hydrogen-bond acceptors (Lipinski definition) is 5. The minimum atomic E-state index is -1.99. The smallest absolute Gasteiger partial charge is 0.410 e. The van der Waals surface area contributed by atoms with Crippen molar-refractivity contribution < 1.29 is 18.7 Å². The second kappa shape index (κ2) is 14.7.